The van der Waals surface area contributed by atoms with E-state index in [0.29, 0.717) is 0 Å². The van der Waals surface area contributed by atoms with Crippen molar-refractivity contribution >= 4 is 23.1 Å². The molecular weight excluding hydrogens is 192 g/mol. The van der Waals surface area contributed by atoms with Crippen molar-refractivity contribution in [1.29, 1.82) is 0 Å². The molecule has 0 saturated heterocycles. The predicted octanol–water partition coefficient (Wildman–Crippen LogP) is 1.96. The molecule has 0 nitrogen and oxygen atoms in total. The van der Waals surface area contributed by atoms with Crippen LogP contribution in [0.1, 0.15) is 25.0 Å². The number of rotatable bonds is 2. The molecule has 1 heteroatoms. The molecule has 0 atom stereocenters. The molecular formula is C14H10Mg-8. The van der Waals surface area contributed by atoms with Crippen molar-refractivity contribution in [2.24, 2.45) is 0 Å². The summed E-state index contributed by atoms with van der Waals surface area (Å²) >= 11 is 0. The maximum absolute atomic E-state index is 2.85. The second kappa shape index (κ2) is 8.75. The largest absolute Gasteiger partial charge is 2.00 e. The van der Waals surface area contributed by atoms with Gasteiger partial charge in [0.1, 0.15) is 0 Å². The number of hydrogen-bond donors (Lipinski definition) is 0. The Morgan fingerprint density at radius 1 is 0.667 bits per heavy atom. The van der Waals surface area contributed by atoms with Gasteiger partial charge in [-0.3, -0.25) is 0 Å². The molecule has 0 aliphatic heterocycles. The van der Waals surface area contributed by atoms with E-state index in [0.717, 1.165) is 24.0 Å². The minimum atomic E-state index is 0. The minimum absolute atomic E-state index is 0. The van der Waals surface area contributed by atoms with Crippen LogP contribution in [0.15, 0.2) is 0 Å². The first kappa shape index (κ1) is 14.5. The van der Waals surface area contributed by atoms with Gasteiger partial charge in [0.15, 0.2) is 0 Å². The summed E-state index contributed by atoms with van der Waals surface area (Å²) in [7, 11) is 0. The summed E-state index contributed by atoms with van der Waals surface area (Å²) in [5.41, 5.74) is 2.14. The molecule has 0 unspecified atom stereocenters. The van der Waals surface area contributed by atoms with Crippen LogP contribution in [-0.4, -0.2) is 23.1 Å². The Labute approximate surface area is 109 Å². The Balaban J connectivity index is 0.000000245. The molecule has 0 spiro atoms. The van der Waals surface area contributed by atoms with E-state index < -0.39 is 0 Å². The summed E-state index contributed by atoms with van der Waals surface area (Å²) in [5.74, 6) is 0. The van der Waals surface area contributed by atoms with Crippen LogP contribution in [0.2, 0.25) is 0 Å². The van der Waals surface area contributed by atoms with Gasteiger partial charge in [0.05, 0.1) is 0 Å². The number of hydrogen-bond acceptors (Lipinski definition) is 0. The van der Waals surface area contributed by atoms with E-state index in [-0.39, 0.29) is 23.1 Å². The molecule has 0 bridgehead atoms. The van der Waals surface area contributed by atoms with Gasteiger partial charge in [0.2, 0.25) is 0 Å². The maximum Gasteiger partial charge on any atom is 2.00 e. The van der Waals surface area contributed by atoms with Crippen LogP contribution in [0.5, 0.6) is 0 Å². The van der Waals surface area contributed by atoms with Gasteiger partial charge in [-0.1, -0.05) is 13.8 Å². The molecule has 2 aromatic rings. The van der Waals surface area contributed by atoms with Crippen molar-refractivity contribution in [3.8, 4) is 0 Å². The Morgan fingerprint density at radius 2 is 0.933 bits per heavy atom. The maximum atomic E-state index is 2.85. The molecule has 0 aromatic heterocycles. The molecule has 0 heterocycles. The third-order valence-corrected chi connectivity index (χ3v) is 1.69. The van der Waals surface area contributed by atoms with Gasteiger partial charge in [-0.15, -0.1) is 0 Å². The molecule has 15 heavy (non-hydrogen) atoms. The fourth-order valence-electron chi connectivity index (χ4n) is 0.843. The van der Waals surface area contributed by atoms with Crippen molar-refractivity contribution in [1.82, 2.24) is 0 Å². The van der Waals surface area contributed by atoms with Gasteiger partial charge < -0.3 is 59.7 Å². The third kappa shape index (κ3) is 5.80. The Hall–Kier alpha value is -0.534. The summed E-state index contributed by atoms with van der Waals surface area (Å²) in [6.45, 7) is 4.12. The normalized spacial score (nSPS) is 8.67. The van der Waals surface area contributed by atoms with Gasteiger partial charge >= 0.3 is 23.1 Å². The van der Waals surface area contributed by atoms with Gasteiger partial charge in [0, 0.05) is 0 Å². The molecule has 2 rings (SSSR count). The van der Waals surface area contributed by atoms with E-state index in [4.69, 9.17) is 0 Å². The van der Waals surface area contributed by atoms with Crippen LogP contribution < -0.4 is 0 Å². The average molecular weight is 203 g/mol. The van der Waals surface area contributed by atoms with Crippen LogP contribution in [0.4, 0.5) is 0 Å². The van der Waals surface area contributed by atoms with Crippen molar-refractivity contribution < 1.29 is 0 Å². The van der Waals surface area contributed by atoms with Gasteiger partial charge in [0.25, 0.3) is 0 Å². The van der Waals surface area contributed by atoms with E-state index >= 15 is 0 Å². The molecule has 2 aromatic carbocycles. The Bertz CT molecular complexity index is 269. The average Bonchev–Trinajstić information content (AvgIpc) is 2.92. The van der Waals surface area contributed by atoms with Crippen LogP contribution >= 0.6 is 0 Å². The second-order valence-corrected chi connectivity index (χ2v) is 2.66. The smallest absolute Gasteiger partial charge is 0.998 e. The van der Waals surface area contributed by atoms with E-state index in [1.165, 1.54) is 0 Å². The van der Waals surface area contributed by atoms with Crippen molar-refractivity contribution in [2.45, 2.75) is 26.7 Å². The zero-order valence-electron chi connectivity index (χ0n) is 9.12. The summed E-state index contributed by atoms with van der Waals surface area (Å²) < 4.78 is 0. The van der Waals surface area contributed by atoms with E-state index in [9.17, 15) is 0 Å². The summed E-state index contributed by atoms with van der Waals surface area (Å²) in [4.78, 5) is 0. The molecule has 0 saturated carbocycles. The summed E-state index contributed by atoms with van der Waals surface area (Å²) in [5, 5.41) is 0. The van der Waals surface area contributed by atoms with Crippen LogP contribution in [0.3, 0.4) is 0 Å². The molecule has 0 radical (unpaired) electrons. The molecule has 0 amide bonds. The zero-order valence-corrected chi connectivity index (χ0v) is 10.5. The Kier molecular flexibility index (Phi) is 8.44. The van der Waals surface area contributed by atoms with Gasteiger partial charge in [-0.25, -0.2) is 12.8 Å². The topological polar surface area (TPSA) is 0 Å². The van der Waals surface area contributed by atoms with Crippen LogP contribution in [-0.2, 0) is 12.8 Å². The van der Waals surface area contributed by atoms with E-state index in [1.54, 1.807) is 0 Å². The SMILES string of the molecule is CC[c-]1[c-][c-][c-][c-]1.CC[c-]1[c-][c-][c-][c-]1.[Mg+2]. The molecule has 0 aliphatic rings. The molecule has 0 fully saturated rings. The second-order valence-electron chi connectivity index (χ2n) is 2.66. The first-order chi connectivity index (χ1) is 6.86. The molecule has 76 valence electrons. The zero-order chi connectivity index (χ0) is 10.2. The summed E-state index contributed by atoms with van der Waals surface area (Å²) in [6, 6.07) is 22.1. The van der Waals surface area contributed by atoms with Crippen molar-refractivity contribution in [2.75, 3.05) is 0 Å². The third-order valence-electron chi connectivity index (χ3n) is 1.69. The Morgan fingerprint density at radius 3 is 1.07 bits per heavy atom. The van der Waals surface area contributed by atoms with E-state index in [2.05, 4.69) is 62.4 Å². The van der Waals surface area contributed by atoms with Gasteiger partial charge in [-0.2, -0.15) is 0 Å². The predicted molar refractivity (Wildman–Crippen MR) is 59.3 cm³/mol. The fourth-order valence-corrected chi connectivity index (χ4v) is 0.843. The molecule has 0 aliphatic carbocycles. The van der Waals surface area contributed by atoms with Gasteiger partial charge in [-0.05, 0) is 0 Å². The number of aryl methyl sites for hydroxylation is 2. The molecule has 0 N–H and O–H groups in total. The fraction of sp³-hybridized carbons (Fsp3) is 0.286. The summed E-state index contributed by atoms with van der Waals surface area (Å²) in [6.07, 6.45) is 1.97. The van der Waals surface area contributed by atoms with Crippen LogP contribution in [0.25, 0.3) is 0 Å². The first-order valence-electron chi connectivity index (χ1n) is 4.62. The van der Waals surface area contributed by atoms with Crippen molar-refractivity contribution in [3.05, 3.63) is 59.7 Å². The van der Waals surface area contributed by atoms with Crippen molar-refractivity contribution in [3.63, 3.8) is 0 Å². The first-order valence-corrected chi connectivity index (χ1v) is 4.62. The standard InChI is InChI=1S/2C7H5.Mg/c2*1-2-7-5-3-4-6-7;/h2*2H2,1H3;/q2*-5;+2. The van der Waals surface area contributed by atoms with Crippen LogP contribution in [0, 0.1) is 48.5 Å². The quantitative estimate of drug-likeness (QED) is 0.516. The monoisotopic (exact) mass is 202 g/mol. The van der Waals surface area contributed by atoms with E-state index in [1.807, 2.05) is 0 Å². The minimum Gasteiger partial charge on any atom is -0.998 e.